The van der Waals surface area contributed by atoms with Crippen LogP contribution in [0.2, 0.25) is 0 Å². The van der Waals surface area contributed by atoms with E-state index < -0.39 is 0 Å². The average Bonchev–Trinajstić information content (AvgIpc) is 2.80. The van der Waals surface area contributed by atoms with E-state index in [1.54, 1.807) is 0 Å². The molecule has 2 atom stereocenters. The molecule has 3 aliphatic heterocycles. The van der Waals surface area contributed by atoms with Gasteiger partial charge in [-0.25, -0.2) is 0 Å². The molecule has 2 saturated heterocycles. The molecule has 0 aliphatic carbocycles. The summed E-state index contributed by atoms with van der Waals surface area (Å²) in [6.45, 7) is 7.71. The fourth-order valence-corrected chi connectivity index (χ4v) is 5.43. The van der Waals surface area contributed by atoms with Gasteiger partial charge in [0.2, 0.25) is 11.8 Å². The summed E-state index contributed by atoms with van der Waals surface area (Å²) in [5.41, 5.74) is 2.33. The number of carbonyl (C=O) groups is 2. The summed E-state index contributed by atoms with van der Waals surface area (Å²) in [4.78, 5) is 32.9. The molecule has 0 radical (unpaired) electrons. The lowest BCUT2D eigenvalue weighted by Gasteiger charge is -2.39. The number of amides is 2. The van der Waals surface area contributed by atoms with Gasteiger partial charge in [-0.2, -0.15) is 0 Å². The van der Waals surface area contributed by atoms with E-state index in [1.807, 2.05) is 17.0 Å². The zero-order chi connectivity index (χ0) is 21.6. The van der Waals surface area contributed by atoms with Gasteiger partial charge in [-0.1, -0.05) is 30.7 Å². The molecule has 6 nitrogen and oxygen atoms in total. The number of hydrogen-bond acceptors (Lipinski definition) is 4. The smallest absolute Gasteiger partial charge is 0.244 e. The summed E-state index contributed by atoms with van der Waals surface area (Å²) in [6, 6.07) is 8.53. The van der Waals surface area contributed by atoms with Crippen molar-refractivity contribution in [3.8, 4) is 0 Å². The molecule has 0 spiro atoms. The van der Waals surface area contributed by atoms with Crippen molar-refractivity contribution in [1.29, 1.82) is 0 Å². The number of piperidine rings is 2. The topological polar surface area (TPSA) is 55.9 Å². The normalized spacial score (nSPS) is 25.1. The SMILES string of the molecule is C[C@H]1CCCCN1CCNC(=O)CN1CCc2ccccc2[C@H]1C(=O)N1CCCCC1. The minimum Gasteiger partial charge on any atom is -0.354 e. The molecular weight excluding hydrogens is 388 g/mol. The summed E-state index contributed by atoms with van der Waals surface area (Å²) in [7, 11) is 0. The molecule has 31 heavy (non-hydrogen) atoms. The van der Waals surface area contributed by atoms with Gasteiger partial charge in [-0.15, -0.1) is 0 Å². The maximum atomic E-state index is 13.5. The zero-order valence-electron chi connectivity index (χ0n) is 19.0. The molecule has 1 N–H and O–H groups in total. The number of rotatable bonds is 6. The van der Waals surface area contributed by atoms with E-state index in [1.165, 1.54) is 31.2 Å². The molecule has 0 bridgehead atoms. The average molecular weight is 427 g/mol. The monoisotopic (exact) mass is 426 g/mol. The Morgan fingerprint density at radius 2 is 1.74 bits per heavy atom. The first-order valence-electron chi connectivity index (χ1n) is 12.2. The van der Waals surface area contributed by atoms with Crippen LogP contribution in [-0.2, 0) is 16.0 Å². The molecule has 0 aromatic heterocycles. The van der Waals surface area contributed by atoms with E-state index >= 15 is 0 Å². The number of carbonyl (C=O) groups excluding carboxylic acids is 2. The third-order valence-electron chi connectivity index (χ3n) is 7.29. The van der Waals surface area contributed by atoms with Crippen molar-refractivity contribution < 1.29 is 9.59 Å². The predicted octanol–water partition coefficient (Wildman–Crippen LogP) is 2.59. The molecule has 2 amide bonds. The van der Waals surface area contributed by atoms with Gasteiger partial charge in [-0.3, -0.25) is 19.4 Å². The maximum absolute atomic E-state index is 13.5. The summed E-state index contributed by atoms with van der Waals surface area (Å²) >= 11 is 0. The highest BCUT2D eigenvalue weighted by Gasteiger charge is 2.36. The lowest BCUT2D eigenvalue weighted by molar-refractivity contribution is -0.139. The Bertz CT molecular complexity index is 762. The van der Waals surface area contributed by atoms with E-state index in [9.17, 15) is 9.59 Å². The number of fused-ring (bicyclic) bond motifs is 1. The van der Waals surface area contributed by atoms with Gasteiger partial charge in [0.25, 0.3) is 0 Å². The lowest BCUT2D eigenvalue weighted by atomic mass is 9.91. The Balaban J connectivity index is 1.38. The second kappa shape index (κ2) is 10.6. The van der Waals surface area contributed by atoms with Crippen LogP contribution in [0, 0.1) is 0 Å². The van der Waals surface area contributed by atoms with Crippen molar-refractivity contribution in [2.24, 2.45) is 0 Å². The van der Waals surface area contributed by atoms with Gasteiger partial charge in [-0.05, 0) is 63.1 Å². The highest BCUT2D eigenvalue weighted by molar-refractivity contribution is 5.85. The third-order valence-corrected chi connectivity index (χ3v) is 7.29. The second-order valence-corrected chi connectivity index (χ2v) is 9.44. The van der Waals surface area contributed by atoms with Crippen LogP contribution < -0.4 is 5.32 Å². The fraction of sp³-hybridized carbons (Fsp3) is 0.680. The molecule has 3 heterocycles. The van der Waals surface area contributed by atoms with Crippen LogP contribution in [0.15, 0.2) is 24.3 Å². The number of hydrogen-bond donors (Lipinski definition) is 1. The van der Waals surface area contributed by atoms with Crippen molar-refractivity contribution >= 4 is 11.8 Å². The van der Waals surface area contributed by atoms with Crippen LogP contribution in [0.5, 0.6) is 0 Å². The highest BCUT2D eigenvalue weighted by atomic mass is 16.2. The van der Waals surface area contributed by atoms with Crippen molar-refractivity contribution in [3.63, 3.8) is 0 Å². The van der Waals surface area contributed by atoms with Gasteiger partial charge in [0, 0.05) is 38.8 Å². The minimum absolute atomic E-state index is 0.0282. The van der Waals surface area contributed by atoms with Crippen LogP contribution in [-0.4, -0.2) is 78.4 Å². The first-order valence-corrected chi connectivity index (χ1v) is 12.2. The van der Waals surface area contributed by atoms with Crippen LogP contribution in [0.25, 0.3) is 0 Å². The van der Waals surface area contributed by atoms with Crippen molar-refractivity contribution in [2.45, 2.75) is 64.0 Å². The molecule has 4 rings (SSSR count). The Morgan fingerprint density at radius 3 is 2.55 bits per heavy atom. The third kappa shape index (κ3) is 5.47. The summed E-state index contributed by atoms with van der Waals surface area (Å²) in [5.74, 6) is 0.197. The standard InChI is InChI=1S/C25H38N4O2/c1-20-9-5-8-14-27(20)18-13-26-23(30)19-29-17-12-21-10-3-4-11-22(21)24(29)25(31)28-15-6-2-7-16-28/h3-4,10-11,20,24H,2,5-9,12-19H2,1H3,(H,26,30)/t20-,24-/m0/s1. The van der Waals surface area contributed by atoms with Gasteiger partial charge in [0.1, 0.15) is 6.04 Å². The summed E-state index contributed by atoms with van der Waals surface area (Å²) in [6.07, 6.45) is 8.07. The van der Waals surface area contributed by atoms with Gasteiger partial charge in [0.15, 0.2) is 0 Å². The lowest BCUT2D eigenvalue weighted by Crippen LogP contribution is -2.50. The van der Waals surface area contributed by atoms with E-state index in [2.05, 4.69) is 34.2 Å². The Hall–Kier alpha value is -1.92. The molecule has 0 unspecified atom stereocenters. The Labute approximate surface area is 187 Å². The Kier molecular flexibility index (Phi) is 7.62. The highest BCUT2D eigenvalue weighted by Crippen LogP contribution is 2.32. The first kappa shape index (κ1) is 22.3. The predicted molar refractivity (Wildman–Crippen MR) is 123 cm³/mol. The summed E-state index contributed by atoms with van der Waals surface area (Å²) in [5, 5.41) is 3.11. The van der Waals surface area contributed by atoms with E-state index in [0.29, 0.717) is 12.6 Å². The number of nitrogens with one attached hydrogen (secondary N) is 1. The van der Waals surface area contributed by atoms with Gasteiger partial charge in [0.05, 0.1) is 6.54 Å². The molecule has 6 heteroatoms. The Morgan fingerprint density at radius 1 is 0.968 bits per heavy atom. The van der Waals surface area contributed by atoms with E-state index in [0.717, 1.165) is 57.5 Å². The molecule has 1 aromatic rings. The van der Waals surface area contributed by atoms with Crippen molar-refractivity contribution in [3.05, 3.63) is 35.4 Å². The minimum atomic E-state index is -0.337. The van der Waals surface area contributed by atoms with Crippen LogP contribution in [0.4, 0.5) is 0 Å². The molecule has 2 fully saturated rings. The molecular formula is C25H38N4O2. The first-order chi connectivity index (χ1) is 15.1. The quantitative estimate of drug-likeness (QED) is 0.760. The van der Waals surface area contributed by atoms with Gasteiger partial charge < -0.3 is 10.2 Å². The van der Waals surface area contributed by atoms with Crippen LogP contribution in [0.1, 0.15) is 62.6 Å². The largest absolute Gasteiger partial charge is 0.354 e. The van der Waals surface area contributed by atoms with Crippen molar-refractivity contribution in [2.75, 3.05) is 45.8 Å². The van der Waals surface area contributed by atoms with Crippen LogP contribution >= 0.6 is 0 Å². The second-order valence-electron chi connectivity index (χ2n) is 9.44. The summed E-state index contributed by atoms with van der Waals surface area (Å²) < 4.78 is 0. The number of benzene rings is 1. The van der Waals surface area contributed by atoms with Crippen molar-refractivity contribution in [1.82, 2.24) is 20.0 Å². The van der Waals surface area contributed by atoms with E-state index in [-0.39, 0.29) is 24.4 Å². The van der Waals surface area contributed by atoms with E-state index in [4.69, 9.17) is 0 Å². The number of likely N-dealkylation sites (tertiary alicyclic amines) is 2. The molecule has 3 aliphatic rings. The molecule has 170 valence electrons. The number of nitrogens with zero attached hydrogens (tertiary/aromatic N) is 3. The van der Waals surface area contributed by atoms with Crippen LogP contribution in [0.3, 0.4) is 0 Å². The van der Waals surface area contributed by atoms with Gasteiger partial charge >= 0.3 is 0 Å². The fourth-order valence-electron chi connectivity index (χ4n) is 5.43. The molecule has 1 aromatic carbocycles. The zero-order valence-corrected chi connectivity index (χ0v) is 19.0. The molecule has 0 saturated carbocycles. The maximum Gasteiger partial charge on any atom is 0.244 e.